The third-order valence-corrected chi connectivity index (χ3v) is 4.21. The van der Waals surface area contributed by atoms with E-state index in [-0.39, 0.29) is 5.91 Å². The molecule has 1 aromatic carbocycles. The molecule has 4 heteroatoms. The maximum Gasteiger partial charge on any atom is 0.231 e. The van der Waals surface area contributed by atoms with Crippen LogP contribution >= 0.6 is 0 Å². The first-order chi connectivity index (χ1) is 9.24. The molecule has 19 heavy (non-hydrogen) atoms. The molecule has 2 heterocycles. The van der Waals surface area contributed by atoms with Crippen LogP contribution in [0.4, 0.5) is 11.4 Å². The van der Waals surface area contributed by atoms with Crippen LogP contribution in [0.3, 0.4) is 0 Å². The Morgan fingerprint density at radius 1 is 1.37 bits per heavy atom. The van der Waals surface area contributed by atoms with Crippen molar-refractivity contribution < 1.29 is 4.79 Å². The molecule has 0 aliphatic carbocycles. The molecule has 4 nitrogen and oxygen atoms in total. The summed E-state index contributed by atoms with van der Waals surface area (Å²) in [6.45, 7) is 3.30. The van der Waals surface area contributed by atoms with Crippen molar-refractivity contribution >= 4 is 17.3 Å². The Labute approximate surface area is 114 Å². The van der Waals surface area contributed by atoms with Crippen LogP contribution in [0.1, 0.15) is 18.4 Å². The number of piperidine rings is 1. The number of likely N-dealkylation sites (N-methyl/N-ethyl adjacent to an activating group) is 1. The van der Waals surface area contributed by atoms with Gasteiger partial charge in [0.05, 0.1) is 6.42 Å². The van der Waals surface area contributed by atoms with E-state index >= 15 is 0 Å². The van der Waals surface area contributed by atoms with E-state index in [1.165, 1.54) is 12.8 Å². The number of carbonyl (C=O) groups is 1. The Hall–Kier alpha value is -1.55. The molecule has 3 rings (SSSR count). The summed E-state index contributed by atoms with van der Waals surface area (Å²) in [4.78, 5) is 13.4. The van der Waals surface area contributed by atoms with Crippen molar-refractivity contribution in [1.29, 1.82) is 0 Å². The van der Waals surface area contributed by atoms with E-state index in [1.54, 1.807) is 4.90 Å². The lowest BCUT2D eigenvalue weighted by atomic mass is 9.98. The van der Waals surface area contributed by atoms with Crippen molar-refractivity contribution in [1.82, 2.24) is 5.32 Å². The monoisotopic (exact) mass is 259 g/mol. The Balaban J connectivity index is 1.63. The second-order valence-electron chi connectivity index (χ2n) is 5.55. The third kappa shape index (κ3) is 2.59. The predicted octanol–water partition coefficient (Wildman–Crippen LogP) is 1.62. The first kappa shape index (κ1) is 12.5. The molecule has 2 aliphatic rings. The highest BCUT2D eigenvalue weighted by molar-refractivity contribution is 6.01. The average molecular weight is 259 g/mol. The van der Waals surface area contributed by atoms with Gasteiger partial charge in [-0.15, -0.1) is 0 Å². The molecule has 0 spiro atoms. The molecule has 1 fully saturated rings. The molecule has 2 aliphatic heterocycles. The summed E-state index contributed by atoms with van der Waals surface area (Å²) in [6.07, 6.45) is 3.03. The summed E-state index contributed by atoms with van der Waals surface area (Å²) in [5.74, 6) is 0.948. The second kappa shape index (κ2) is 5.21. The highest BCUT2D eigenvalue weighted by Crippen LogP contribution is 2.30. The summed E-state index contributed by atoms with van der Waals surface area (Å²) in [5, 5.41) is 6.90. The fraction of sp³-hybridized carbons (Fsp3) is 0.533. The van der Waals surface area contributed by atoms with Gasteiger partial charge >= 0.3 is 0 Å². The number of anilines is 2. The lowest BCUT2D eigenvalue weighted by Gasteiger charge is -2.23. The van der Waals surface area contributed by atoms with E-state index in [0.29, 0.717) is 6.42 Å². The number of rotatable bonds is 3. The van der Waals surface area contributed by atoms with E-state index in [4.69, 9.17) is 0 Å². The van der Waals surface area contributed by atoms with E-state index in [1.807, 2.05) is 13.1 Å². The van der Waals surface area contributed by atoms with Crippen LogP contribution in [-0.4, -0.2) is 32.6 Å². The quantitative estimate of drug-likeness (QED) is 0.867. The van der Waals surface area contributed by atoms with E-state index in [0.717, 1.165) is 42.5 Å². The van der Waals surface area contributed by atoms with Crippen LogP contribution in [0.2, 0.25) is 0 Å². The van der Waals surface area contributed by atoms with Gasteiger partial charge in [-0.1, -0.05) is 0 Å². The van der Waals surface area contributed by atoms with Crippen LogP contribution in [0.5, 0.6) is 0 Å². The zero-order valence-electron chi connectivity index (χ0n) is 11.4. The molecule has 0 unspecified atom stereocenters. The highest BCUT2D eigenvalue weighted by atomic mass is 16.2. The van der Waals surface area contributed by atoms with Gasteiger partial charge in [-0.3, -0.25) is 4.79 Å². The Bertz CT molecular complexity index is 480. The molecule has 102 valence electrons. The molecule has 0 bridgehead atoms. The Morgan fingerprint density at radius 2 is 2.16 bits per heavy atom. The van der Waals surface area contributed by atoms with Gasteiger partial charge in [0, 0.05) is 25.0 Å². The third-order valence-electron chi connectivity index (χ3n) is 4.21. The van der Waals surface area contributed by atoms with Gasteiger partial charge in [0.2, 0.25) is 5.91 Å². The minimum Gasteiger partial charge on any atom is -0.385 e. The van der Waals surface area contributed by atoms with Crippen molar-refractivity contribution in [3.63, 3.8) is 0 Å². The van der Waals surface area contributed by atoms with Crippen molar-refractivity contribution in [2.75, 3.05) is 36.9 Å². The van der Waals surface area contributed by atoms with E-state index in [9.17, 15) is 4.79 Å². The highest BCUT2D eigenvalue weighted by Gasteiger charge is 2.23. The molecule has 0 aromatic heterocycles. The standard InChI is InChI=1S/C15H21N3O/c1-18-14-3-2-13(8-12(14)9-15(18)19)17-10-11-4-6-16-7-5-11/h2-3,8,11,16-17H,4-7,9-10H2,1H3. The van der Waals surface area contributed by atoms with Gasteiger partial charge in [0.1, 0.15) is 0 Å². The fourth-order valence-electron chi connectivity index (χ4n) is 2.93. The molecular weight excluding hydrogens is 238 g/mol. The molecule has 0 radical (unpaired) electrons. The minimum absolute atomic E-state index is 0.186. The summed E-state index contributed by atoms with van der Waals surface area (Å²) in [7, 11) is 1.84. The smallest absolute Gasteiger partial charge is 0.231 e. The Kier molecular flexibility index (Phi) is 3.42. The van der Waals surface area contributed by atoms with Crippen molar-refractivity contribution in [3.05, 3.63) is 23.8 Å². The number of carbonyl (C=O) groups excluding carboxylic acids is 1. The summed E-state index contributed by atoms with van der Waals surface area (Å²) in [5.41, 5.74) is 3.33. The number of nitrogens with zero attached hydrogens (tertiary/aromatic N) is 1. The average Bonchev–Trinajstić information content (AvgIpc) is 2.73. The first-order valence-electron chi connectivity index (χ1n) is 7.08. The van der Waals surface area contributed by atoms with Crippen molar-refractivity contribution in [2.45, 2.75) is 19.3 Å². The van der Waals surface area contributed by atoms with Gasteiger partial charge in [-0.05, 0) is 55.6 Å². The van der Waals surface area contributed by atoms with Gasteiger partial charge in [0.25, 0.3) is 0 Å². The number of benzene rings is 1. The predicted molar refractivity (Wildman–Crippen MR) is 77.6 cm³/mol. The number of hydrogen-bond donors (Lipinski definition) is 2. The lowest BCUT2D eigenvalue weighted by molar-refractivity contribution is -0.117. The lowest BCUT2D eigenvalue weighted by Crippen LogP contribution is -2.31. The maximum absolute atomic E-state index is 11.6. The zero-order valence-corrected chi connectivity index (χ0v) is 11.4. The second-order valence-corrected chi connectivity index (χ2v) is 5.55. The number of hydrogen-bond acceptors (Lipinski definition) is 3. The number of fused-ring (bicyclic) bond motifs is 1. The van der Waals surface area contributed by atoms with Gasteiger partial charge in [0.15, 0.2) is 0 Å². The van der Waals surface area contributed by atoms with Gasteiger partial charge in [-0.25, -0.2) is 0 Å². The SMILES string of the molecule is CN1C(=O)Cc2cc(NCC3CCNCC3)ccc21. The molecule has 0 saturated carbocycles. The Morgan fingerprint density at radius 3 is 2.95 bits per heavy atom. The molecule has 1 saturated heterocycles. The first-order valence-corrected chi connectivity index (χ1v) is 7.08. The summed E-state index contributed by atoms with van der Waals surface area (Å²) in [6, 6.07) is 6.25. The minimum atomic E-state index is 0.186. The topological polar surface area (TPSA) is 44.4 Å². The maximum atomic E-state index is 11.6. The largest absolute Gasteiger partial charge is 0.385 e. The van der Waals surface area contributed by atoms with Gasteiger partial charge < -0.3 is 15.5 Å². The van der Waals surface area contributed by atoms with Crippen LogP contribution in [0.15, 0.2) is 18.2 Å². The summed E-state index contributed by atoms with van der Waals surface area (Å²) >= 11 is 0. The molecule has 1 amide bonds. The molecule has 1 aromatic rings. The van der Waals surface area contributed by atoms with Gasteiger partial charge in [-0.2, -0.15) is 0 Å². The number of nitrogens with one attached hydrogen (secondary N) is 2. The van der Waals surface area contributed by atoms with Crippen molar-refractivity contribution in [2.24, 2.45) is 5.92 Å². The van der Waals surface area contributed by atoms with Crippen LogP contribution in [0, 0.1) is 5.92 Å². The summed E-state index contributed by atoms with van der Waals surface area (Å²) < 4.78 is 0. The molecule has 2 N–H and O–H groups in total. The fourth-order valence-corrected chi connectivity index (χ4v) is 2.93. The van der Waals surface area contributed by atoms with Crippen molar-refractivity contribution in [3.8, 4) is 0 Å². The normalized spacial score (nSPS) is 19.6. The molecule has 0 atom stereocenters. The zero-order chi connectivity index (χ0) is 13.2. The van der Waals surface area contributed by atoms with E-state index < -0.39 is 0 Å². The van der Waals surface area contributed by atoms with Crippen LogP contribution in [0.25, 0.3) is 0 Å². The molecular formula is C15H21N3O. The van der Waals surface area contributed by atoms with E-state index in [2.05, 4.69) is 22.8 Å². The van der Waals surface area contributed by atoms with Crippen LogP contribution < -0.4 is 15.5 Å². The van der Waals surface area contributed by atoms with Crippen LogP contribution in [-0.2, 0) is 11.2 Å². The number of amides is 1.